The van der Waals surface area contributed by atoms with E-state index in [0.717, 1.165) is 12.0 Å². The highest BCUT2D eigenvalue weighted by Gasteiger charge is 2.33. The molecule has 2 aromatic rings. The fourth-order valence-corrected chi connectivity index (χ4v) is 3.41. The lowest BCUT2D eigenvalue weighted by Gasteiger charge is -2.23. The lowest BCUT2D eigenvalue weighted by molar-refractivity contribution is -0.125. The summed E-state index contributed by atoms with van der Waals surface area (Å²) < 4.78 is 0. The van der Waals surface area contributed by atoms with Gasteiger partial charge in [0.05, 0.1) is 0 Å². The van der Waals surface area contributed by atoms with Crippen LogP contribution in [0.15, 0.2) is 53.4 Å². The van der Waals surface area contributed by atoms with E-state index in [-0.39, 0.29) is 11.8 Å². The molecule has 0 saturated carbocycles. The van der Waals surface area contributed by atoms with Crippen LogP contribution in [0.1, 0.15) is 28.4 Å². The van der Waals surface area contributed by atoms with Gasteiger partial charge in [-0.2, -0.15) is 0 Å². The molecule has 2 aromatic carbocycles. The van der Waals surface area contributed by atoms with Crippen LogP contribution in [0.25, 0.3) is 0 Å². The molecule has 2 amide bonds. The van der Waals surface area contributed by atoms with Crippen LogP contribution in [0.5, 0.6) is 0 Å². The van der Waals surface area contributed by atoms with Crippen molar-refractivity contribution in [2.24, 2.45) is 0 Å². The number of thioether (sulfide) groups is 1. The summed E-state index contributed by atoms with van der Waals surface area (Å²) in [7, 11) is 0. The molecular formula is C20H22N2O2S. The number of hydrogen-bond acceptors (Lipinski definition) is 3. The zero-order chi connectivity index (χ0) is 17.8. The number of rotatable bonds is 6. The van der Waals surface area contributed by atoms with E-state index in [9.17, 15) is 9.59 Å². The molecule has 130 valence electrons. The molecule has 1 aliphatic heterocycles. The predicted molar refractivity (Wildman–Crippen MR) is 101 cm³/mol. The number of carbonyl (C=O) groups is 2. The van der Waals surface area contributed by atoms with Crippen LogP contribution in [0.3, 0.4) is 0 Å². The Balaban J connectivity index is 1.52. The molecule has 0 aliphatic carbocycles. The van der Waals surface area contributed by atoms with Crippen molar-refractivity contribution in [2.75, 3.05) is 12.8 Å². The Morgan fingerprint density at radius 2 is 1.92 bits per heavy atom. The third-order valence-electron chi connectivity index (χ3n) is 4.57. The lowest BCUT2D eigenvalue weighted by atomic mass is 10.1. The fraction of sp³-hybridized carbons (Fsp3) is 0.300. The number of hydrogen-bond donors (Lipinski definition) is 1. The number of amides is 2. The maximum atomic E-state index is 12.4. The van der Waals surface area contributed by atoms with E-state index in [0.29, 0.717) is 18.7 Å². The van der Waals surface area contributed by atoms with E-state index >= 15 is 0 Å². The Morgan fingerprint density at radius 1 is 1.20 bits per heavy atom. The third-order valence-corrected chi connectivity index (χ3v) is 5.31. The largest absolute Gasteiger partial charge is 0.354 e. The molecule has 3 rings (SSSR count). The van der Waals surface area contributed by atoms with Gasteiger partial charge in [0.1, 0.15) is 6.04 Å². The summed E-state index contributed by atoms with van der Waals surface area (Å²) in [6, 6.07) is 15.4. The average molecular weight is 354 g/mol. The van der Waals surface area contributed by atoms with Crippen LogP contribution in [-0.4, -0.2) is 35.6 Å². The second-order valence-corrected chi connectivity index (χ2v) is 7.03. The minimum Gasteiger partial charge on any atom is -0.354 e. The van der Waals surface area contributed by atoms with Gasteiger partial charge in [0, 0.05) is 23.5 Å². The molecule has 0 unspecified atom stereocenters. The van der Waals surface area contributed by atoms with Gasteiger partial charge in [-0.25, -0.2) is 0 Å². The normalized spacial score (nSPS) is 14.3. The van der Waals surface area contributed by atoms with E-state index in [4.69, 9.17) is 0 Å². The molecule has 0 fully saturated rings. The number of benzene rings is 2. The number of carbonyl (C=O) groups excluding carboxylic acids is 2. The Hall–Kier alpha value is -2.27. The molecule has 0 saturated heterocycles. The van der Waals surface area contributed by atoms with Crippen LogP contribution < -0.4 is 5.32 Å². The van der Waals surface area contributed by atoms with Gasteiger partial charge in [-0.05, 0) is 48.9 Å². The molecule has 0 bridgehead atoms. The predicted octanol–water partition coefficient (Wildman–Crippen LogP) is 3.11. The van der Waals surface area contributed by atoms with Crippen molar-refractivity contribution in [3.63, 3.8) is 0 Å². The van der Waals surface area contributed by atoms with E-state index in [1.807, 2.05) is 24.3 Å². The summed E-state index contributed by atoms with van der Waals surface area (Å²) in [6.45, 7) is 2.85. The highest BCUT2D eigenvalue weighted by Crippen LogP contribution is 2.24. The highest BCUT2D eigenvalue weighted by molar-refractivity contribution is 7.98. The molecule has 0 radical (unpaired) electrons. The first-order chi connectivity index (χ1) is 12.1. The second kappa shape index (κ2) is 7.74. The zero-order valence-electron chi connectivity index (χ0n) is 14.5. The summed E-state index contributed by atoms with van der Waals surface area (Å²) in [6.07, 6.45) is 2.83. The van der Waals surface area contributed by atoms with Crippen molar-refractivity contribution in [3.8, 4) is 0 Å². The first kappa shape index (κ1) is 17.5. The summed E-state index contributed by atoms with van der Waals surface area (Å²) in [4.78, 5) is 27.7. The number of nitrogens with one attached hydrogen (secondary N) is 1. The summed E-state index contributed by atoms with van der Waals surface area (Å²) in [5, 5.41) is 2.95. The van der Waals surface area contributed by atoms with Crippen LogP contribution in [-0.2, 0) is 17.8 Å². The fourth-order valence-electron chi connectivity index (χ4n) is 3.00. The lowest BCUT2D eigenvalue weighted by Crippen LogP contribution is -2.45. The van der Waals surface area contributed by atoms with Crippen molar-refractivity contribution in [1.29, 1.82) is 0 Å². The van der Waals surface area contributed by atoms with Crippen LogP contribution >= 0.6 is 11.8 Å². The summed E-state index contributed by atoms with van der Waals surface area (Å²) in [5.74, 6) is -0.173. The average Bonchev–Trinajstić information content (AvgIpc) is 2.98. The molecule has 0 spiro atoms. The van der Waals surface area contributed by atoms with Gasteiger partial charge in [-0.15, -0.1) is 11.8 Å². The van der Waals surface area contributed by atoms with Gasteiger partial charge < -0.3 is 10.2 Å². The Bertz CT molecular complexity index is 774. The van der Waals surface area contributed by atoms with Crippen molar-refractivity contribution in [1.82, 2.24) is 10.2 Å². The van der Waals surface area contributed by atoms with Gasteiger partial charge in [0.15, 0.2) is 0 Å². The van der Waals surface area contributed by atoms with Gasteiger partial charge >= 0.3 is 0 Å². The minimum absolute atomic E-state index is 0.0640. The van der Waals surface area contributed by atoms with E-state index in [2.05, 4.69) is 35.8 Å². The van der Waals surface area contributed by atoms with Crippen molar-refractivity contribution in [3.05, 3.63) is 65.2 Å². The van der Waals surface area contributed by atoms with Crippen LogP contribution in [0.4, 0.5) is 0 Å². The zero-order valence-corrected chi connectivity index (χ0v) is 15.3. The van der Waals surface area contributed by atoms with Crippen LogP contribution in [0.2, 0.25) is 0 Å². The van der Waals surface area contributed by atoms with Crippen LogP contribution in [0, 0.1) is 0 Å². The molecule has 1 aliphatic rings. The summed E-state index contributed by atoms with van der Waals surface area (Å²) in [5.41, 5.74) is 2.88. The monoisotopic (exact) mass is 354 g/mol. The Kier molecular flexibility index (Phi) is 5.43. The quantitative estimate of drug-likeness (QED) is 0.811. The smallest absolute Gasteiger partial charge is 0.255 e. The molecule has 5 heteroatoms. The number of fused-ring (bicyclic) bond motifs is 1. The standard InChI is InChI=1S/C20H22N2O2S/c1-14(22-13-16-5-3-4-6-18(16)20(22)24)19(23)21-12-11-15-7-9-17(25-2)10-8-15/h3-10,14H,11-13H2,1-2H3,(H,21,23)/t14-/m0/s1. The van der Waals surface area contributed by atoms with Gasteiger partial charge in [0.25, 0.3) is 5.91 Å². The highest BCUT2D eigenvalue weighted by atomic mass is 32.2. The minimum atomic E-state index is -0.473. The topological polar surface area (TPSA) is 49.4 Å². The van der Waals surface area contributed by atoms with Gasteiger partial charge in [0.2, 0.25) is 5.91 Å². The molecule has 25 heavy (non-hydrogen) atoms. The molecule has 0 aromatic heterocycles. The number of nitrogens with zero attached hydrogens (tertiary/aromatic N) is 1. The molecule has 1 atom stereocenters. The molecule has 4 nitrogen and oxygen atoms in total. The maximum absolute atomic E-state index is 12.4. The van der Waals surface area contributed by atoms with Gasteiger partial charge in [-0.1, -0.05) is 30.3 Å². The van der Waals surface area contributed by atoms with Crippen molar-refractivity contribution >= 4 is 23.6 Å². The molecule has 1 N–H and O–H groups in total. The first-order valence-electron chi connectivity index (χ1n) is 8.39. The SMILES string of the molecule is CSc1ccc(CCNC(=O)[C@H](C)N2Cc3ccccc3C2=O)cc1. The van der Waals surface area contributed by atoms with E-state index < -0.39 is 6.04 Å². The Labute approximate surface area is 152 Å². The molecule has 1 heterocycles. The third kappa shape index (κ3) is 3.87. The van der Waals surface area contributed by atoms with E-state index in [1.54, 1.807) is 23.6 Å². The first-order valence-corrected chi connectivity index (χ1v) is 9.62. The van der Waals surface area contributed by atoms with E-state index in [1.165, 1.54) is 10.5 Å². The van der Waals surface area contributed by atoms with Crippen molar-refractivity contribution < 1.29 is 9.59 Å². The molecular weight excluding hydrogens is 332 g/mol. The maximum Gasteiger partial charge on any atom is 0.255 e. The second-order valence-electron chi connectivity index (χ2n) is 6.16. The summed E-state index contributed by atoms with van der Waals surface area (Å²) >= 11 is 1.71. The van der Waals surface area contributed by atoms with Crippen molar-refractivity contribution in [2.45, 2.75) is 30.8 Å². The van der Waals surface area contributed by atoms with Gasteiger partial charge in [-0.3, -0.25) is 9.59 Å². The Morgan fingerprint density at radius 3 is 2.60 bits per heavy atom.